The molecule has 1 heterocycles. The van der Waals surface area contributed by atoms with E-state index in [1.807, 2.05) is 30.3 Å². The van der Waals surface area contributed by atoms with Crippen molar-refractivity contribution in [3.63, 3.8) is 0 Å². The molecule has 1 amide bonds. The first-order valence-electron chi connectivity index (χ1n) is 9.37. The smallest absolute Gasteiger partial charge is 0.271 e. The third-order valence-corrected chi connectivity index (χ3v) is 6.18. The Hall–Kier alpha value is -3.32. The highest BCUT2D eigenvalue weighted by molar-refractivity contribution is 7.90. The predicted molar refractivity (Wildman–Crippen MR) is 114 cm³/mol. The van der Waals surface area contributed by atoms with Gasteiger partial charge in [-0.1, -0.05) is 30.3 Å². The molecule has 0 radical (unpaired) electrons. The van der Waals surface area contributed by atoms with Crippen LogP contribution in [0.15, 0.2) is 83.8 Å². The van der Waals surface area contributed by atoms with E-state index in [1.165, 1.54) is 6.26 Å². The van der Waals surface area contributed by atoms with Gasteiger partial charge in [0.15, 0.2) is 9.84 Å². The standard InChI is InChI=1S/C23H21NO5S/c1-28-18-12-10-17(11-13-18)24-21(16-8-14-20(15-9-16)30(2,26)27)22(23(24)25)29-19-6-4-3-5-7-19/h3-15,21-22H,1-2H3/t21-,22+/m1/s1. The number of hydrogen-bond acceptors (Lipinski definition) is 5. The van der Waals surface area contributed by atoms with Crippen LogP contribution < -0.4 is 14.4 Å². The van der Waals surface area contributed by atoms with Gasteiger partial charge in [0.2, 0.25) is 6.10 Å². The summed E-state index contributed by atoms with van der Waals surface area (Å²) in [5.74, 6) is 1.13. The Morgan fingerprint density at radius 3 is 2.03 bits per heavy atom. The Kier molecular flexibility index (Phi) is 5.22. The summed E-state index contributed by atoms with van der Waals surface area (Å²) in [7, 11) is -1.72. The molecule has 0 N–H and O–H groups in total. The molecule has 30 heavy (non-hydrogen) atoms. The molecule has 0 saturated carbocycles. The first-order valence-corrected chi connectivity index (χ1v) is 11.3. The molecule has 0 aromatic heterocycles. The number of ether oxygens (including phenoxy) is 2. The maximum absolute atomic E-state index is 13.0. The molecule has 7 heteroatoms. The monoisotopic (exact) mass is 423 g/mol. The van der Waals surface area contributed by atoms with Gasteiger partial charge in [0.25, 0.3) is 5.91 Å². The quantitative estimate of drug-likeness (QED) is 0.566. The summed E-state index contributed by atoms with van der Waals surface area (Å²) < 4.78 is 34.8. The molecular weight excluding hydrogens is 402 g/mol. The van der Waals surface area contributed by atoms with Crippen molar-refractivity contribution >= 4 is 21.4 Å². The number of para-hydroxylation sites is 1. The normalized spacial score (nSPS) is 18.6. The van der Waals surface area contributed by atoms with Crippen LogP contribution in [0.5, 0.6) is 11.5 Å². The zero-order chi connectivity index (χ0) is 21.3. The first kappa shape index (κ1) is 20.0. The molecule has 1 aliphatic rings. The van der Waals surface area contributed by atoms with E-state index in [0.717, 1.165) is 5.56 Å². The van der Waals surface area contributed by atoms with E-state index in [-0.39, 0.29) is 16.8 Å². The van der Waals surface area contributed by atoms with E-state index >= 15 is 0 Å². The molecule has 4 rings (SSSR count). The van der Waals surface area contributed by atoms with Gasteiger partial charge in [-0.25, -0.2) is 8.42 Å². The van der Waals surface area contributed by atoms with Crippen molar-refractivity contribution in [3.05, 3.63) is 84.4 Å². The molecule has 1 aliphatic heterocycles. The van der Waals surface area contributed by atoms with Gasteiger partial charge in [0, 0.05) is 11.9 Å². The minimum Gasteiger partial charge on any atom is -0.497 e. The zero-order valence-corrected chi connectivity index (χ0v) is 17.4. The molecule has 6 nitrogen and oxygen atoms in total. The number of hydrogen-bond donors (Lipinski definition) is 0. The topological polar surface area (TPSA) is 72.9 Å². The number of methoxy groups -OCH3 is 1. The fourth-order valence-electron chi connectivity index (χ4n) is 3.49. The number of amides is 1. The van der Waals surface area contributed by atoms with Gasteiger partial charge in [-0.15, -0.1) is 0 Å². The third-order valence-electron chi connectivity index (χ3n) is 5.05. The fourth-order valence-corrected chi connectivity index (χ4v) is 4.12. The van der Waals surface area contributed by atoms with E-state index in [1.54, 1.807) is 60.5 Å². The molecule has 0 unspecified atom stereocenters. The minimum absolute atomic E-state index is 0.166. The maximum atomic E-state index is 13.0. The van der Waals surface area contributed by atoms with Crippen molar-refractivity contribution in [2.24, 2.45) is 0 Å². The molecular formula is C23H21NO5S. The van der Waals surface area contributed by atoms with Crippen LogP contribution in [0.1, 0.15) is 11.6 Å². The third kappa shape index (κ3) is 3.76. The van der Waals surface area contributed by atoms with Gasteiger partial charge in [0.1, 0.15) is 17.5 Å². The molecule has 154 valence electrons. The van der Waals surface area contributed by atoms with Crippen LogP contribution in [0, 0.1) is 0 Å². The molecule has 1 fully saturated rings. The highest BCUT2D eigenvalue weighted by atomic mass is 32.2. The molecule has 0 aliphatic carbocycles. The highest BCUT2D eigenvalue weighted by Gasteiger charge is 2.51. The number of benzene rings is 3. The van der Waals surface area contributed by atoms with Crippen molar-refractivity contribution in [3.8, 4) is 11.5 Å². The fraction of sp³-hybridized carbons (Fsp3) is 0.174. The SMILES string of the molecule is COc1ccc(N2C(=O)[C@@H](Oc3ccccc3)[C@H]2c2ccc(S(C)(=O)=O)cc2)cc1. The lowest BCUT2D eigenvalue weighted by atomic mass is 9.89. The number of carbonyl (C=O) groups is 1. The van der Waals surface area contributed by atoms with Crippen LogP contribution >= 0.6 is 0 Å². The lowest BCUT2D eigenvalue weighted by Crippen LogP contribution is -2.61. The van der Waals surface area contributed by atoms with Crippen LogP contribution in [0.2, 0.25) is 0 Å². The van der Waals surface area contributed by atoms with Crippen molar-refractivity contribution in [1.29, 1.82) is 0 Å². The summed E-state index contributed by atoms with van der Waals surface area (Å²) >= 11 is 0. The van der Waals surface area contributed by atoms with E-state index < -0.39 is 15.9 Å². The average molecular weight is 423 g/mol. The number of sulfone groups is 1. The minimum atomic E-state index is -3.31. The summed E-state index contributed by atoms with van der Waals surface area (Å²) in [6.45, 7) is 0. The zero-order valence-electron chi connectivity index (χ0n) is 16.6. The first-order chi connectivity index (χ1) is 14.4. The Morgan fingerprint density at radius 1 is 0.833 bits per heavy atom. The highest BCUT2D eigenvalue weighted by Crippen LogP contribution is 2.41. The van der Waals surface area contributed by atoms with Crippen LogP contribution in [0.25, 0.3) is 0 Å². The summed E-state index contributed by atoms with van der Waals surface area (Å²) in [6.07, 6.45) is 0.457. The number of rotatable bonds is 6. The van der Waals surface area contributed by atoms with Crippen molar-refractivity contribution in [2.75, 3.05) is 18.3 Å². The number of anilines is 1. The number of β-lactam (4-membered cyclic amide) rings is 1. The number of carbonyl (C=O) groups excluding carboxylic acids is 1. The molecule has 0 spiro atoms. The lowest BCUT2D eigenvalue weighted by Gasteiger charge is -2.46. The Balaban J connectivity index is 1.69. The van der Waals surface area contributed by atoms with Crippen LogP contribution in [0.3, 0.4) is 0 Å². The van der Waals surface area contributed by atoms with Crippen molar-refractivity contribution in [2.45, 2.75) is 17.0 Å². The van der Waals surface area contributed by atoms with Gasteiger partial charge in [-0.2, -0.15) is 0 Å². The Bertz CT molecular complexity index is 1140. The van der Waals surface area contributed by atoms with Gasteiger partial charge in [-0.05, 0) is 54.1 Å². The van der Waals surface area contributed by atoms with Crippen molar-refractivity contribution < 1.29 is 22.7 Å². The van der Waals surface area contributed by atoms with Crippen LogP contribution in [-0.2, 0) is 14.6 Å². The second-order valence-corrected chi connectivity index (χ2v) is 9.06. The molecule has 0 bridgehead atoms. The summed E-state index contributed by atoms with van der Waals surface area (Å²) in [5, 5.41) is 0. The largest absolute Gasteiger partial charge is 0.497 e. The lowest BCUT2D eigenvalue weighted by molar-refractivity contribution is -0.135. The van der Waals surface area contributed by atoms with E-state index in [0.29, 0.717) is 17.2 Å². The van der Waals surface area contributed by atoms with Gasteiger partial charge >= 0.3 is 0 Å². The van der Waals surface area contributed by atoms with Gasteiger partial charge < -0.3 is 9.47 Å². The molecule has 2 atom stereocenters. The van der Waals surface area contributed by atoms with Crippen LogP contribution in [0.4, 0.5) is 5.69 Å². The van der Waals surface area contributed by atoms with Crippen molar-refractivity contribution in [1.82, 2.24) is 0 Å². The Morgan fingerprint density at radius 2 is 1.47 bits per heavy atom. The summed E-state index contributed by atoms with van der Waals surface area (Å²) in [6, 6.07) is 22.5. The summed E-state index contributed by atoms with van der Waals surface area (Å²) in [4.78, 5) is 14.9. The maximum Gasteiger partial charge on any atom is 0.271 e. The predicted octanol–water partition coefficient (Wildman–Crippen LogP) is 3.63. The van der Waals surface area contributed by atoms with E-state index in [4.69, 9.17) is 9.47 Å². The Labute approximate surface area is 175 Å². The molecule has 1 saturated heterocycles. The second-order valence-electron chi connectivity index (χ2n) is 7.04. The average Bonchev–Trinajstić information content (AvgIpc) is 2.76. The second kappa shape index (κ2) is 7.84. The molecule has 3 aromatic carbocycles. The van der Waals surface area contributed by atoms with E-state index in [9.17, 15) is 13.2 Å². The summed E-state index contributed by atoms with van der Waals surface area (Å²) in [5.41, 5.74) is 1.50. The molecule has 3 aromatic rings. The van der Waals surface area contributed by atoms with Crippen LogP contribution in [-0.4, -0.2) is 33.8 Å². The van der Waals surface area contributed by atoms with Gasteiger partial charge in [0.05, 0.1) is 12.0 Å². The van der Waals surface area contributed by atoms with Gasteiger partial charge in [-0.3, -0.25) is 9.69 Å². The number of nitrogens with zero attached hydrogens (tertiary/aromatic N) is 1. The van der Waals surface area contributed by atoms with E-state index in [2.05, 4.69) is 0 Å².